The Bertz CT molecular complexity index is 1270. The number of allylic oxidation sites excluding steroid dienone is 1. The molecule has 0 saturated heterocycles. The van der Waals surface area contributed by atoms with E-state index in [4.69, 9.17) is 9.47 Å². The Kier molecular flexibility index (Phi) is 7.79. The van der Waals surface area contributed by atoms with Crippen molar-refractivity contribution in [3.05, 3.63) is 95.2 Å². The molecule has 1 heterocycles. The first-order valence-corrected chi connectivity index (χ1v) is 13.5. The van der Waals surface area contributed by atoms with Gasteiger partial charge in [-0.1, -0.05) is 62.7 Å². The smallest absolute Gasteiger partial charge is 0.163 e. The Morgan fingerprint density at radius 1 is 0.811 bits per heavy atom. The molecule has 5 heteroatoms. The predicted molar refractivity (Wildman–Crippen MR) is 150 cm³/mol. The third-order valence-corrected chi connectivity index (χ3v) is 7.12. The lowest BCUT2D eigenvalue weighted by atomic mass is 9.78. The monoisotopic (exact) mass is 496 g/mol. The van der Waals surface area contributed by atoms with Gasteiger partial charge in [-0.25, -0.2) is 0 Å². The van der Waals surface area contributed by atoms with Crippen LogP contribution in [0.4, 0.5) is 11.4 Å². The van der Waals surface area contributed by atoms with Crippen LogP contribution in [0.15, 0.2) is 84.1 Å². The van der Waals surface area contributed by atoms with Crippen molar-refractivity contribution < 1.29 is 14.3 Å². The second kappa shape index (κ2) is 11.5. The van der Waals surface area contributed by atoms with Crippen LogP contribution in [0.1, 0.15) is 69.0 Å². The van der Waals surface area contributed by atoms with Crippen LogP contribution in [0.25, 0.3) is 0 Å². The molecule has 0 fully saturated rings. The van der Waals surface area contributed by atoms with Crippen LogP contribution in [0.5, 0.6) is 11.5 Å². The number of para-hydroxylation sites is 3. The number of hydrogen-bond acceptors (Lipinski definition) is 5. The molecule has 3 aromatic carbocycles. The van der Waals surface area contributed by atoms with Crippen LogP contribution >= 0.6 is 0 Å². The van der Waals surface area contributed by atoms with Crippen LogP contribution in [0.2, 0.25) is 0 Å². The van der Waals surface area contributed by atoms with Crippen LogP contribution in [-0.4, -0.2) is 19.0 Å². The zero-order valence-corrected chi connectivity index (χ0v) is 21.8. The summed E-state index contributed by atoms with van der Waals surface area (Å²) in [7, 11) is 0. The first kappa shape index (κ1) is 24.9. The van der Waals surface area contributed by atoms with Crippen LogP contribution < -0.4 is 20.1 Å². The van der Waals surface area contributed by atoms with Gasteiger partial charge in [0.25, 0.3) is 0 Å². The normalized spacial score (nSPS) is 18.7. The Labute approximate surface area is 219 Å². The highest BCUT2D eigenvalue weighted by molar-refractivity contribution is 6.01. The molecule has 1 aliphatic carbocycles. The molecule has 0 saturated carbocycles. The molecule has 37 heavy (non-hydrogen) atoms. The van der Waals surface area contributed by atoms with E-state index in [1.807, 2.05) is 42.5 Å². The van der Waals surface area contributed by atoms with Crippen molar-refractivity contribution in [1.29, 1.82) is 0 Å². The fraction of sp³-hybridized carbons (Fsp3) is 0.344. The zero-order chi connectivity index (χ0) is 25.6. The van der Waals surface area contributed by atoms with E-state index in [-0.39, 0.29) is 17.7 Å². The molecule has 0 spiro atoms. The lowest BCUT2D eigenvalue weighted by Gasteiger charge is -2.30. The highest BCUT2D eigenvalue weighted by Crippen LogP contribution is 2.45. The van der Waals surface area contributed by atoms with Crippen molar-refractivity contribution in [1.82, 2.24) is 0 Å². The number of rotatable bonds is 9. The number of benzene rings is 3. The van der Waals surface area contributed by atoms with E-state index >= 15 is 0 Å². The molecule has 5 nitrogen and oxygen atoms in total. The van der Waals surface area contributed by atoms with E-state index in [9.17, 15) is 4.79 Å². The first-order valence-electron chi connectivity index (χ1n) is 13.5. The summed E-state index contributed by atoms with van der Waals surface area (Å²) in [6, 6.07) is 24.2. The first-order chi connectivity index (χ1) is 18.2. The number of anilines is 2. The molecule has 0 radical (unpaired) electrons. The van der Waals surface area contributed by atoms with Crippen molar-refractivity contribution in [2.75, 3.05) is 23.8 Å². The number of carbonyl (C=O) groups excluding carboxylic acids is 1. The van der Waals surface area contributed by atoms with Gasteiger partial charge in [0.1, 0.15) is 11.5 Å². The van der Waals surface area contributed by atoms with Gasteiger partial charge >= 0.3 is 0 Å². The third-order valence-electron chi connectivity index (χ3n) is 7.12. The van der Waals surface area contributed by atoms with Crippen LogP contribution in [0, 0.1) is 0 Å². The van der Waals surface area contributed by atoms with E-state index in [0.29, 0.717) is 19.6 Å². The highest BCUT2D eigenvalue weighted by atomic mass is 16.5. The number of unbranched alkanes of at least 4 members (excludes halogenated alkanes) is 1. The molecule has 3 aromatic rings. The molecule has 5 rings (SSSR count). The fourth-order valence-electron chi connectivity index (χ4n) is 5.19. The number of ether oxygens (including phenoxy) is 2. The SMILES string of the molecule is CCCCOc1ccccc1C1Nc2ccccc2NC2=C1C(=O)CC(c1ccc(OCCC)cc1)C2. The van der Waals surface area contributed by atoms with E-state index < -0.39 is 0 Å². The summed E-state index contributed by atoms with van der Waals surface area (Å²) >= 11 is 0. The van der Waals surface area contributed by atoms with Crippen molar-refractivity contribution >= 4 is 17.2 Å². The molecule has 2 atom stereocenters. The minimum Gasteiger partial charge on any atom is -0.494 e. The summed E-state index contributed by atoms with van der Waals surface area (Å²) in [6.45, 7) is 5.63. The topological polar surface area (TPSA) is 59.6 Å². The Balaban J connectivity index is 1.51. The van der Waals surface area contributed by atoms with Gasteiger partial charge in [0, 0.05) is 23.3 Å². The largest absolute Gasteiger partial charge is 0.494 e. The molecule has 2 unspecified atom stereocenters. The second-order valence-electron chi connectivity index (χ2n) is 9.83. The summed E-state index contributed by atoms with van der Waals surface area (Å²) in [4.78, 5) is 13.9. The van der Waals surface area contributed by atoms with Crippen molar-refractivity contribution in [3.63, 3.8) is 0 Å². The Morgan fingerprint density at radius 3 is 2.35 bits per heavy atom. The van der Waals surface area contributed by atoms with Gasteiger partial charge in [-0.3, -0.25) is 4.79 Å². The van der Waals surface area contributed by atoms with Gasteiger partial charge in [0.05, 0.1) is 30.6 Å². The lowest BCUT2D eigenvalue weighted by molar-refractivity contribution is -0.116. The summed E-state index contributed by atoms with van der Waals surface area (Å²) in [5.74, 6) is 1.98. The third kappa shape index (κ3) is 5.51. The van der Waals surface area contributed by atoms with Gasteiger partial charge in [0.15, 0.2) is 5.78 Å². The molecule has 0 amide bonds. The van der Waals surface area contributed by atoms with Gasteiger partial charge < -0.3 is 20.1 Å². The number of Topliss-reactive ketones (excluding diaryl/α,β-unsaturated/α-hetero) is 1. The molecule has 1 aliphatic heterocycles. The maximum absolute atomic E-state index is 13.9. The molecular weight excluding hydrogens is 460 g/mol. The minimum atomic E-state index is -0.290. The molecule has 2 N–H and O–H groups in total. The van der Waals surface area contributed by atoms with Crippen molar-refractivity contribution in [2.24, 2.45) is 0 Å². The van der Waals surface area contributed by atoms with Gasteiger partial charge in [0.2, 0.25) is 0 Å². The van der Waals surface area contributed by atoms with Crippen molar-refractivity contribution in [2.45, 2.75) is 57.9 Å². The second-order valence-corrected chi connectivity index (χ2v) is 9.83. The number of carbonyl (C=O) groups is 1. The molecule has 0 aromatic heterocycles. The standard InChI is InChI=1S/C32H36N2O3/c1-3-5-19-37-30-13-9-6-10-25(30)32-31-28(33-26-11-7-8-12-27(26)34-32)20-23(21-29(31)35)22-14-16-24(17-15-22)36-18-4-2/h6-17,23,32-34H,3-5,18-21H2,1-2H3. The van der Waals surface area contributed by atoms with Crippen LogP contribution in [-0.2, 0) is 4.79 Å². The summed E-state index contributed by atoms with van der Waals surface area (Å²) in [5, 5.41) is 7.31. The number of ketones is 1. The quantitative estimate of drug-likeness (QED) is 0.298. The predicted octanol–water partition coefficient (Wildman–Crippen LogP) is 7.63. The van der Waals surface area contributed by atoms with E-state index in [1.54, 1.807) is 0 Å². The molecule has 192 valence electrons. The molecule has 0 bridgehead atoms. The minimum absolute atomic E-state index is 0.112. The number of hydrogen-bond donors (Lipinski definition) is 2. The number of nitrogens with one attached hydrogen (secondary N) is 2. The van der Waals surface area contributed by atoms with Crippen LogP contribution in [0.3, 0.4) is 0 Å². The van der Waals surface area contributed by atoms with Crippen molar-refractivity contribution in [3.8, 4) is 11.5 Å². The highest BCUT2D eigenvalue weighted by Gasteiger charge is 2.37. The van der Waals surface area contributed by atoms with E-state index in [1.165, 1.54) is 0 Å². The van der Waals surface area contributed by atoms with Gasteiger partial charge in [-0.2, -0.15) is 0 Å². The zero-order valence-electron chi connectivity index (χ0n) is 21.8. The summed E-state index contributed by atoms with van der Waals surface area (Å²) in [6.07, 6.45) is 4.28. The van der Waals surface area contributed by atoms with E-state index in [0.717, 1.165) is 71.0 Å². The Morgan fingerprint density at radius 2 is 1.57 bits per heavy atom. The van der Waals surface area contributed by atoms with Gasteiger partial charge in [-0.05, 0) is 61.1 Å². The molecule has 2 aliphatic rings. The maximum Gasteiger partial charge on any atom is 0.163 e. The fourth-order valence-corrected chi connectivity index (χ4v) is 5.19. The molecular formula is C32H36N2O3. The van der Waals surface area contributed by atoms with Gasteiger partial charge in [-0.15, -0.1) is 0 Å². The maximum atomic E-state index is 13.9. The van der Waals surface area contributed by atoms with E-state index in [2.05, 4.69) is 54.8 Å². The summed E-state index contributed by atoms with van der Waals surface area (Å²) in [5.41, 5.74) is 5.91. The average Bonchev–Trinajstić information content (AvgIpc) is 3.09. The average molecular weight is 497 g/mol. The lowest BCUT2D eigenvalue weighted by Crippen LogP contribution is -2.27. The Hall–Kier alpha value is -3.73. The number of fused-ring (bicyclic) bond motifs is 1. The summed E-state index contributed by atoms with van der Waals surface area (Å²) < 4.78 is 12.0.